The number of pyridine rings is 1. The number of hydrogen-bond acceptors (Lipinski definition) is 4. The molecule has 3 nitrogen and oxygen atoms in total. The fourth-order valence-corrected chi connectivity index (χ4v) is 3.16. The van der Waals surface area contributed by atoms with Crippen LogP contribution in [-0.4, -0.2) is 23.3 Å². The lowest BCUT2D eigenvalue weighted by Crippen LogP contribution is -2.33. The molecule has 1 aromatic heterocycles. The molecule has 1 heterocycles. The van der Waals surface area contributed by atoms with E-state index in [4.69, 9.17) is 5.73 Å². The van der Waals surface area contributed by atoms with Crippen molar-refractivity contribution in [2.75, 3.05) is 18.0 Å². The smallest absolute Gasteiger partial charge is 0.126 e. The number of likely N-dealkylation sites (N-methyl/N-ethyl adjacent to an activating group) is 1. The number of anilines is 1. The zero-order valence-electron chi connectivity index (χ0n) is 12.7. The summed E-state index contributed by atoms with van der Waals surface area (Å²) in [4.78, 5) is 5.47. The van der Waals surface area contributed by atoms with Gasteiger partial charge in [0.25, 0.3) is 0 Å². The van der Waals surface area contributed by atoms with Crippen molar-refractivity contribution >= 4 is 17.6 Å². The van der Waals surface area contributed by atoms with Gasteiger partial charge in [0, 0.05) is 22.9 Å². The summed E-state index contributed by atoms with van der Waals surface area (Å²) in [6, 6.07) is 13.1. The number of rotatable bonds is 7. The number of benzene rings is 1. The molecule has 0 radical (unpaired) electrons. The van der Waals surface area contributed by atoms with Crippen molar-refractivity contribution in [3.8, 4) is 0 Å². The van der Waals surface area contributed by atoms with Crippen molar-refractivity contribution in [2.45, 2.75) is 31.2 Å². The summed E-state index contributed by atoms with van der Waals surface area (Å²) in [7, 11) is 0. The third kappa shape index (κ3) is 5.06. The number of hydrogen-bond donors (Lipinski definition) is 2. The normalized spacial score (nSPS) is 12.3. The minimum Gasteiger partial charge on any atom is -0.383 e. The zero-order valence-corrected chi connectivity index (χ0v) is 13.5. The molecule has 1 atom stereocenters. The summed E-state index contributed by atoms with van der Waals surface area (Å²) >= 11 is 1.88. The van der Waals surface area contributed by atoms with Crippen molar-refractivity contribution in [1.29, 1.82) is 0 Å². The predicted molar refractivity (Wildman–Crippen MR) is 91.7 cm³/mol. The minimum atomic E-state index is 0.396. The molecular formula is C17H23N3S. The Balaban J connectivity index is 1.95. The Labute approximate surface area is 131 Å². The first kappa shape index (κ1) is 15.9. The molecule has 21 heavy (non-hydrogen) atoms. The lowest BCUT2D eigenvalue weighted by Gasteiger charge is -2.18. The molecule has 0 saturated carbocycles. The van der Waals surface area contributed by atoms with Gasteiger partial charge in [-0.05, 0) is 43.7 Å². The van der Waals surface area contributed by atoms with Crippen molar-refractivity contribution < 1.29 is 0 Å². The molecule has 4 heteroatoms. The maximum Gasteiger partial charge on any atom is 0.126 e. The number of nitrogens with two attached hydrogens (primary N) is 1. The molecule has 0 aliphatic rings. The predicted octanol–water partition coefficient (Wildman–Crippen LogP) is 3.29. The van der Waals surface area contributed by atoms with Crippen LogP contribution in [0.15, 0.2) is 47.5 Å². The van der Waals surface area contributed by atoms with Gasteiger partial charge >= 0.3 is 0 Å². The van der Waals surface area contributed by atoms with Gasteiger partial charge in [-0.3, -0.25) is 0 Å². The molecule has 0 fully saturated rings. The molecule has 0 aliphatic carbocycles. The highest BCUT2D eigenvalue weighted by atomic mass is 32.2. The quantitative estimate of drug-likeness (QED) is 0.771. The maximum absolute atomic E-state index is 5.94. The van der Waals surface area contributed by atoms with E-state index in [2.05, 4.69) is 54.5 Å². The summed E-state index contributed by atoms with van der Waals surface area (Å²) < 4.78 is 0. The standard InChI is InChI=1S/C17H23N3S/c1-3-19-15(11-14-5-4-10-20-17(14)18)12-21-16-8-6-13(2)7-9-16/h4-10,15,19H,3,11-12H2,1-2H3,(H2,18,20). The van der Waals surface area contributed by atoms with E-state index in [-0.39, 0.29) is 0 Å². The van der Waals surface area contributed by atoms with Crippen LogP contribution in [0.3, 0.4) is 0 Å². The van der Waals surface area contributed by atoms with E-state index >= 15 is 0 Å². The Hall–Kier alpha value is -1.52. The first-order valence-electron chi connectivity index (χ1n) is 7.31. The van der Waals surface area contributed by atoms with Gasteiger partial charge in [-0.25, -0.2) is 4.98 Å². The fourth-order valence-electron chi connectivity index (χ4n) is 2.20. The van der Waals surface area contributed by atoms with Gasteiger partial charge in [0.2, 0.25) is 0 Å². The number of nitrogens with zero attached hydrogens (tertiary/aromatic N) is 1. The SMILES string of the molecule is CCNC(CSc1ccc(C)cc1)Cc1cccnc1N. The minimum absolute atomic E-state index is 0.396. The molecule has 0 aliphatic heterocycles. The number of nitrogens with one attached hydrogen (secondary N) is 1. The van der Waals surface area contributed by atoms with Crippen LogP contribution >= 0.6 is 11.8 Å². The Bertz CT molecular complexity index is 554. The maximum atomic E-state index is 5.94. The van der Waals surface area contributed by atoms with Gasteiger partial charge in [0.05, 0.1) is 0 Å². The molecule has 1 unspecified atom stereocenters. The van der Waals surface area contributed by atoms with E-state index in [1.165, 1.54) is 10.5 Å². The molecule has 1 aromatic carbocycles. The Morgan fingerprint density at radius 1 is 1.24 bits per heavy atom. The molecule has 0 spiro atoms. The van der Waals surface area contributed by atoms with Gasteiger partial charge in [0.15, 0.2) is 0 Å². The average Bonchev–Trinajstić information content (AvgIpc) is 2.49. The highest BCUT2D eigenvalue weighted by Crippen LogP contribution is 2.21. The first-order chi connectivity index (χ1) is 10.2. The molecule has 2 aromatic rings. The van der Waals surface area contributed by atoms with Crippen LogP contribution in [0.4, 0.5) is 5.82 Å². The Morgan fingerprint density at radius 3 is 2.67 bits per heavy atom. The van der Waals surface area contributed by atoms with Crippen LogP contribution in [0.25, 0.3) is 0 Å². The highest BCUT2D eigenvalue weighted by Gasteiger charge is 2.11. The molecule has 2 rings (SSSR count). The van der Waals surface area contributed by atoms with Crippen LogP contribution in [0.5, 0.6) is 0 Å². The van der Waals surface area contributed by atoms with Crippen LogP contribution in [0.2, 0.25) is 0 Å². The van der Waals surface area contributed by atoms with Crippen LogP contribution in [0, 0.1) is 6.92 Å². The Kier molecular flexibility index (Phi) is 6.08. The Morgan fingerprint density at radius 2 is 2.00 bits per heavy atom. The van der Waals surface area contributed by atoms with E-state index in [0.29, 0.717) is 11.9 Å². The van der Waals surface area contributed by atoms with E-state index in [0.717, 1.165) is 24.3 Å². The van der Waals surface area contributed by atoms with Crippen molar-refractivity contribution in [2.24, 2.45) is 0 Å². The van der Waals surface area contributed by atoms with Gasteiger partial charge in [0.1, 0.15) is 5.82 Å². The van der Waals surface area contributed by atoms with Gasteiger partial charge in [-0.1, -0.05) is 30.7 Å². The topological polar surface area (TPSA) is 50.9 Å². The second kappa shape index (κ2) is 8.05. The molecule has 112 valence electrons. The molecule has 0 bridgehead atoms. The first-order valence-corrected chi connectivity index (χ1v) is 8.29. The van der Waals surface area contributed by atoms with Crippen LogP contribution < -0.4 is 11.1 Å². The third-order valence-electron chi connectivity index (χ3n) is 3.36. The third-order valence-corrected chi connectivity index (χ3v) is 4.53. The largest absolute Gasteiger partial charge is 0.383 e. The van der Waals surface area contributed by atoms with Gasteiger partial charge < -0.3 is 11.1 Å². The number of thioether (sulfide) groups is 1. The van der Waals surface area contributed by atoms with Crippen molar-refractivity contribution in [3.05, 3.63) is 53.7 Å². The summed E-state index contributed by atoms with van der Waals surface area (Å²) in [5.74, 6) is 1.66. The highest BCUT2D eigenvalue weighted by molar-refractivity contribution is 7.99. The molecule has 3 N–H and O–H groups in total. The summed E-state index contributed by atoms with van der Waals surface area (Å²) in [5, 5.41) is 3.54. The van der Waals surface area contributed by atoms with Crippen LogP contribution in [0.1, 0.15) is 18.1 Å². The number of aromatic nitrogens is 1. The summed E-state index contributed by atoms with van der Waals surface area (Å²) in [6.45, 7) is 5.20. The second-order valence-electron chi connectivity index (χ2n) is 5.13. The number of aryl methyl sites for hydroxylation is 1. The second-order valence-corrected chi connectivity index (χ2v) is 6.22. The molecule has 0 saturated heterocycles. The van der Waals surface area contributed by atoms with Gasteiger partial charge in [-0.2, -0.15) is 0 Å². The van der Waals surface area contributed by atoms with Gasteiger partial charge in [-0.15, -0.1) is 11.8 Å². The average molecular weight is 301 g/mol. The van der Waals surface area contributed by atoms with E-state index < -0.39 is 0 Å². The van der Waals surface area contributed by atoms with Crippen LogP contribution in [-0.2, 0) is 6.42 Å². The fraction of sp³-hybridized carbons (Fsp3) is 0.353. The lowest BCUT2D eigenvalue weighted by molar-refractivity contribution is 0.572. The molecular weight excluding hydrogens is 278 g/mol. The monoisotopic (exact) mass is 301 g/mol. The van der Waals surface area contributed by atoms with Crippen molar-refractivity contribution in [3.63, 3.8) is 0 Å². The lowest BCUT2D eigenvalue weighted by atomic mass is 10.1. The number of nitrogen functional groups attached to an aromatic ring is 1. The van der Waals surface area contributed by atoms with E-state index in [1.54, 1.807) is 6.20 Å². The van der Waals surface area contributed by atoms with E-state index in [1.807, 2.05) is 17.8 Å². The van der Waals surface area contributed by atoms with E-state index in [9.17, 15) is 0 Å². The van der Waals surface area contributed by atoms with Crippen molar-refractivity contribution in [1.82, 2.24) is 10.3 Å². The summed E-state index contributed by atoms with van der Waals surface area (Å²) in [6.07, 6.45) is 2.65. The summed E-state index contributed by atoms with van der Waals surface area (Å²) in [5.41, 5.74) is 8.36. The zero-order chi connectivity index (χ0) is 15.1. The molecule has 0 amide bonds.